The first-order chi connectivity index (χ1) is 15.0. The van der Waals surface area contributed by atoms with Crippen molar-refractivity contribution in [1.29, 1.82) is 5.26 Å². The van der Waals surface area contributed by atoms with Crippen LogP contribution in [0.2, 0.25) is 0 Å². The van der Waals surface area contributed by atoms with E-state index in [4.69, 9.17) is 5.26 Å². The molecule has 9 nitrogen and oxygen atoms in total. The molecule has 0 saturated carbocycles. The van der Waals surface area contributed by atoms with Crippen molar-refractivity contribution >= 4 is 33.4 Å². The van der Waals surface area contributed by atoms with Gasteiger partial charge in [0.25, 0.3) is 5.91 Å². The molecule has 1 fully saturated rings. The molecule has 3 amide bonds. The number of amides is 3. The molecule has 0 aliphatic carbocycles. The molecule has 1 saturated heterocycles. The van der Waals surface area contributed by atoms with Crippen molar-refractivity contribution in [2.45, 2.75) is 19.4 Å². The molecule has 3 rings (SSSR count). The minimum atomic E-state index is -3.45. The molecule has 0 unspecified atom stereocenters. The molecule has 0 bridgehead atoms. The van der Waals surface area contributed by atoms with Gasteiger partial charge >= 0.3 is 6.03 Å². The van der Waals surface area contributed by atoms with Gasteiger partial charge in [-0.3, -0.25) is 18.8 Å². The van der Waals surface area contributed by atoms with Crippen LogP contribution in [0.1, 0.15) is 35.3 Å². The van der Waals surface area contributed by atoms with E-state index >= 15 is 0 Å². The van der Waals surface area contributed by atoms with Crippen molar-refractivity contribution in [2.75, 3.05) is 23.7 Å². The molecular weight excluding hydrogens is 432 g/mol. The minimum absolute atomic E-state index is 0.239. The third-order valence-corrected chi connectivity index (χ3v) is 6.60. The molecule has 1 aliphatic rings. The Balaban J connectivity index is 1.78. The van der Waals surface area contributed by atoms with E-state index in [2.05, 4.69) is 5.32 Å². The highest BCUT2D eigenvalue weighted by molar-refractivity contribution is 7.92. The van der Waals surface area contributed by atoms with Crippen molar-refractivity contribution < 1.29 is 22.8 Å². The van der Waals surface area contributed by atoms with Gasteiger partial charge in [-0.25, -0.2) is 13.2 Å². The summed E-state index contributed by atoms with van der Waals surface area (Å²) in [7, 11) is -3.45. The summed E-state index contributed by atoms with van der Waals surface area (Å²) in [5.74, 6) is -1.04. The Hall–Kier alpha value is -3.71. The fraction of sp³-hybridized carbons (Fsp3) is 0.273. The first-order valence-electron chi connectivity index (χ1n) is 9.77. The molecule has 1 heterocycles. The average molecular weight is 455 g/mol. The molecule has 0 spiro atoms. The number of nitrogens with one attached hydrogen (secondary N) is 1. The van der Waals surface area contributed by atoms with E-state index in [1.165, 1.54) is 28.6 Å². The van der Waals surface area contributed by atoms with E-state index in [0.29, 0.717) is 16.8 Å². The minimum Gasteiger partial charge on any atom is -0.319 e. The Morgan fingerprint density at radius 1 is 1.12 bits per heavy atom. The normalized spacial score (nSPS) is 18.2. The Kier molecular flexibility index (Phi) is 6.05. The molecule has 2 aromatic rings. The van der Waals surface area contributed by atoms with Crippen LogP contribution in [0.4, 0.5) is 10.5 Å². The lowest BCUT2D eigenvalue weighted by molar-refractivity contribution is -0.130. The number of anilines is 1. The number of nitriles is 1. The second kappa shape index (κ2) is 8.43. The van der Waals surface area contributed by atoms with Crippen LogP contribution in [-0.2, 0) is 20.4 Å². The smallest absolute Gasteiger partial charge is 0.319 e. The summed E-state index contributed by atoms with van der Waals surface area (Å²) in [5, 5.41) is 11.6. The van der Waals surface area contributed by atoms with Crippen molar-refractivity contribution in [3.8, 4) is 6.07 Å². The highest BCUT2D eigenvalue weighted by atomic mass is 32.2. The highest BCUT2D eigenvalue weighted by Crippen LogP contribution is 2.29. The van der Waals surface area contributed by atoms with Gasteiger partial charge in [0.15, 0.2) is 5.78 Å². The van der Waals surface area contributed by atoms with E-state index < -0.39 is 39.8 Å². The van der Waals surface area contributed by atoms with Gasteiger partial charge in [-0.05, 0) is 55.8 Å². The number of sulfonamides is 1. The molecule has 1 aliphatic heterocycles. The molecule has 0 aromatic heterocycles. The van der Waals surface area contributed by atoms with E-state index in [1.54, 1.807) is 38.1 Å². The summed E-state index contributed by atoms with van der Waals surface area (Å²) in [6.45, 7) is 3.02. The summed E-state index contributed by atoms with van der Waals surface area (Å²) >= 11 is 0. The fourth-order valence-electron chi connectivity index (χ4n) is 3.57. The molecule has 166 valence electrons. The standard InChI is InChI=1S/C22H22N4O5S/c1-4-26(32(3,30)31)18-11-7-16(8-12-18)19(27)14-25-20(28)22(2,24-21(25)29)17-9-5-15(13-23)6-10-17/h5-12H,4,14H2,1-3H3,(H,24,29)/t22-/m0/s1. The maximum atomic E-state index is 13.0. The number of benzene rings is 2. The maximum absolute atomic E-state index is 13.0. The maximum Gasteiger partial charge on any atom is 0.325 e. The van der Waals surface area contributed by atoms with Gasteiger partial charge in [0.2, 0.25) is 10.0 Å². The molecule has 32 heavy (non-hydrogen) atoms. The predicted octanol–water partition coefficient (Wildman–Crippen LogP) is 1.99. The van der Waals surface area contributed by atoms with E-state index in [9.17, 15) is 22.8 Å². The number of Topliss-reactive ketones (excluding diaryl/α,β-unsaturated/α-hetero) is 1. The van der Waals surface area contributed by atoms with Crippen LogP contribution in [0.3, 0.4) is 0 Å². The summed E-state index contributed by atoms with van der Waals surface area (Å²) in [5.41, 5.74) is 0.212. The van der Waals surface area contributed by atoms with Crippen molar-refractivity contribution in [3.63, 3.8) is 0 Å². The van der Waals surface area contributed by atoms with Crippen LogP contribution in [0.15, 0.2) is 48.5 Å². The van der Waals surface area contributed by atoms with Crippen molar-refractivity contribution in [1.82, 2.24) is 10.2 Å². The molecule has 0 radical (unpaired) electrons. The van der Waals surface area contributed by atoms with E-state index in [1.807, 2.05) is 6.07 Å². The van der Waals surface area contributed by atoms with Crippen LogP contribution < -0.4 is 9.62 Å². The van der Waals surface area contributed by atoms with Gasteiger partial charge in [0.05, 0.1) is 30.1 Å². The lowest BCUT2D eigenvalue weighted by atomic mass is 9.91. The first-order valence-corrected chi connectivity index (χ1v) is 11.6. The zero-order chi connectivity index (χ0) is 23.7. The highest BCUT2D eigenvalue weighted by Gasteiger charge is 2.49. The number of hydrogen-bond donors (Lipinski definition) is 1. The van der Waals surface area contributed by atoms with Gasteiger partial charge in [-0.2, -0.15) is 5.26 Å². The lowest BCUT2D eigenvalue weighted by Crippen LogP contribution is -2.41. The van der Waals surface area contributed by atoms with Gasteiger partial charge < -0.3 is 5.32 Å². The largest absolute Gasteiger partial charge is 0.325 e. The number of rotatable bonds is 7. The third kappa shape index (κ3) is 4.20. The zero-order valence-electron chi connectivity index (χ0n) is 17.8. The zero-order valence-corrected chi connectivity index (χ0v) is 18.6. The third-order valence-electron chi connectivity index (χ3n) is 5.33. The van der Waals surface area contributed by atoms with Crippen LogP contribution in [0.5, 0.6) is 0 Å². The van der Waals surface area contributed by atoms with Gasteiger partial charge in [-0.15, -0.1) is 0 Å². The SMILES string of the molecule is CCN(c1ccc(C(=O)CN2C(=O)N[C@@](C)(c3ccc(C#N)cc3)C2=O)cc1)S(C)(=O)=O. The fourth-order valence-corrected chi connectivity index (χ4v) is 4.55. The predicted molar refractivity (Wildman–Crippen MR) is 117 cm³/mol. The lowest BCUT2D eigenvalue weighted by Gasteiger charge is -2.22. The van der Waals surface area contributed by atoms with Gasteiger partial charge in [0.1, 0.15) is 5.54 Å². The van der Waals surface area contributed by atoms with E-state index in [-0.39, 0.29) is 12.1 Å². The van der Waals surface area contributed by atoms with Crippen molar-refractivity contribution in [2.24, 2.45) is 0 Å². The molecule has 2 aromatic carbocycles. The van der Waals surface area contributed by atoms with Gasteiger partial charge in [0, 0.05) is 12.1 Å². The van der Waals surface area contributed by atoms with Gasteiger partial charge in [-0.1, -0.05) is 12.1 Å². The average Bonchev–Trinajstić information content (AvgIpc) is 2.97. The number of hydrogen-bond acceptors (Lipinski definition) is 6. The number of ketones is 1. The number of imide groups is 1. The number of urea groups is 1. The number of carbonyl (C=O) groups excluding carboxylic acids is 3. The second-order valence-electron chi connectivity index (χ2n) is 7.53. The number of nitrogens with zero attached hydrogens (tertiary/aromatic N) is 3. The Labute approximate surface area is 186 Å². The quantitative estimate of drug-likeness (QED) is 0.503. The van der Waals surface area contributed by atoms with Crippen LogP contribution >= 0.6 is 0 Å². The van der Waals surface area contributed by atoms with Crippen LogP contribution in [-0.4, -0.2) is 50.4 Å². The topological polar surface area (TPSA) is 128 Å². The molecule has 1 N–H and O–H groups in total. The Bertz CT molecular complexity index is 1220. The summed E-state index contributed by atoms with van der Waals surface area (Å²) < 4.78 is 24.9. The second-order valence-corrected chi connectivity index (χ2v) is 9.44. The van der Waals surface area contributed by atoms with Crippen LogP contribution in [0.25, 0.3) is 0 Å². The van der Waals surface area contributed by atoms with Crippen LogP contribution in [0, 0.1) is 11.3 Å². The molecule has 10 heteroatoms. The Morgan fingerprint density at radius 3 is 2.22 bits per heavy atom. The first kappa shape index (κ1) is 23.0. The van der Waals surface area contributed by atoms with E-state index in [0.717, 1.165) is 11.2 Å². The monoisotopic (exact) mass is 454 g/mol. The van der Waals surface area contributed by atoms with Crippen molar-refractivity contribution in [3.05, 3.63) is 65.2 Å². The summed E-state index contributed by atoms with van der Waals surface area (Å²) in [4.78, 5) is 39.1. The summed E-state index contributed by atoms with van der Waals surface area (Å²) in [6, 6.07) is 13.5. The Morgan fingerprint density at radius 2 is 1.72 bits per heavy atom. The number of carbonyl (C=O) groups is 3. The molecule has 1 atom stereocenters. The molecular formula is C22H22N4O5S. The summed E-state index contributed by atoms with van der Waals surface area (Å²) in [6.07, 6.45) is 1.10.